The van der Waals surface area contributed by atoms with Crippen LogP contribution in [0.1, 0.15) is 32.6 Å². The van der Waals surface area contributed by atoms with E-state index in [1.54, 1.807) is 0 Å². The molecule has 0 N–H and O–H groups in total. The average molecular weight is 132 g/mol. The van der Waals surface area contributed by atoms with Gasteiger partial charge in [-0.15, -0.1) is 0 Å². The van der Waals surface area contributed by atoms with Gasteiger partial charge in [0.15, 0.2) is 0 Å². The molecule has 1 fully saturated rings. The van der Waals surface area contributed by atoms with Crippen LogP contribution in [0.15, 0.2) is 0 Å². The minimum atomic E-state index is -0.0961. The number of halogens is 1. The van der Waals surface area contributed by atoms with Crippen LogP contribution in [0.3, 0.4) is 0 Å². The Hall–Kier alpha value is -0.110. The summed E-state index contributed by atoms with van der Waals surface area (Å²) in [6.45, 7) is 2.20. The molecule has 2 heteroatoms. The van der Waals surface area contributed by atoms with Crippen molar-refractivity contribution in [3.8, 4) is 0 Å². The van der Waals surface area contributed by atoms with E-state index >= 15 is 0 Å². The molecule has 0 aromatic heterocycles. The highest BCUT2D eigenvalue weighted by atomic mass is 19.3. The van der Waals surface area contributed by atoms with Gasteiger partial charge in [-0.05, 0) is 36.1 Å². The fraction of sp³-hybridized carbons (Fsp3) is 1.00. The highest BCUT2D eigenvalue weighted by Crippen LogP contribution is 2.25. The highest BCUT2D eigenvalue weighted by molar-refractivity contribution is 4.68. The smallest absolute Gasteiger partial charge is 0.0983 e. The number of hydrogen-bond donors (Lipinski definition) is 0. The lowest BCUT2D eigenvalue weighted by molar-refractivity contribution is -0.189. The van der Waals surface area contributed by atoms with Crippen LogP contribution in [0.4, 0.5) is 4.53 Å². The molecule has 0 saturated heterocycles. The molecule has 54 valence electrons. The Morgan fingerprint density at radius 2 is 1.78 bits per heavy atom. The van der Waals surface area contributed by atoms with E-state index in [-0.39, 0.29) is 6.10 Å². The third kappa shape index (κ3) is 1.94. The quantitative estimate of drug-likeness (QED) is 0.532. The van der Waals surface area contributed by atoms with Crippen molar-refractivity contribution in [3.63, 3.8) is 0 Å². The third-order valence-corrected chi connectivity index (χ3v) is 2.09. The molecule has 0 radical (unpaired) electrons. The Kier molecular flexibility index (Phi) is 2.46. The molecule has 0 aromatic rings. The van der Waals surface area contributed by atoms with Crippen LogP contribution >= 0.6 is 0 Å². The summed E-state index contributed by atoms with van der Waals surface area (Å²) < 4.78 is 11.5. The fourth-order valence-electron chi connectivity index (χ4n) is 1.32. The predicted molar refractivity (Wildman–Crippen MR) is 33.6 cm³/mol. The van der Waals surface area contributed by atoms with Crippen molar-refractivity contribution < 1.29 is 9.47 Å². The van der Waals surface area contributed by atoms with Gasteiger partial charge in [0.1, 0.15) is 0 Å². The van der Waals surface area contributed by atoms with E-state index in [2.05, 4.69) is 11.9 Å². The molecule has 1 aliphatic carbocycles. The van der Waals surface area contributed by atoms with Gasteiger partial charge < -0.3 is 0 Å². The van der Waals surface area contributed by atoms with Crippen LogP contribution in [0.2, 0.25) is 0 Å². The zero-order chi connectivity index (χ0) is 6.69. The molecule has 0 spiro atoms. The molecule has 0 aliphatic heterocycles. The lowest BCUT2D eigenvalue weighted by atomic mass is 9.89. The van der Waals surface area contributed by atoms with Crippen molar-refractivity contribution in [2.45, 2.75) is 38.7 Å². The second kappa shape index (κ2) is 3.16. The van der Waals surface area contributed by atoms with Crippen molar-refractivity contribution in [1.29, 1.82) is 0 Å². The first-order valence-electron chi connectivity index (χ1n) is 3.60. The molecule has 0 amide bonds. The maximum atomic E-state index is 11.5. The van der Waals surface area contributed by atoms with Crippen LogP contribution < -0.4 is 0 Å². The second-order valence-electron chi connectivity index (χ2n) is 2.97. The normalized spacial score (nSPS) is 36.7. The van der Waals surface area contributed by atoms with E-state index in [4.69, 9.17) is 0 Å². The standard InChI is InChI=1S/C7H13FO/c1-6-2-4-7(9-8)5-3-6/h6-7H,2-5H2,1H3. The van der Waals surface area contributed by atoms with Crippen molar-refractivity contribution in [2.75, 3.05) is 0 Å². The minimum absolute atomic E-state index is 0.0961. The highest BCUT2D eigenvalue weighted by Gasteiger charge is 2.18. The Labute approximate surface area is 55.1 Å². The van der Waals surface area contributed by atoms with E-state index in [0.717, 1.165) is 31.6 Å². The SMILES string of the molecule is CC1CCC(OF)CC1. The Morgan fingerprint density at radius 3 is 2.22 bits per heavy atom. The van der Waals surface area contributed by atoms with Gasteiger partial charge in [0, 0.05) is 0 Å². The molecule has 1 aliphatic rings. The Morgan fingerprint density at radius 1 is 1.22 bits per heavy atom. The monoisotopic (exact) mass is 132 g/mol. The summed E-state index contributed by atoms with van der Waals surface area (Å²) in [4.78, 5) is 3.74. The van der Waals surface area contributed by atoms with Gasteiger partial charge in [0.25, 0.3) is 0 Å². The molecule has 1 saturated carbocycles. The number of hydrogen-bond acceptors (Lipinski definition) is 1. The molecule has 0 atom stereocenters. The van der Waals surface area contributed by atoms with Crippen molar-refractivity contribution in [2.24, 2.45) is 5.92 Å². The Bertz CT molecular complexity index is 77.0. The lowest BCUT2D eigenvalue weighted by Gasteiger charge is -2.22. The molecule has 0 heterocycles. The lowest BCUT2D eigenvalue weighted by Crippen LogP contribution is -2.17. The molecule has 0 unspecified atom stereocenters. The summed E-state index contributed by atoms with van der Waals surface area (Å²) in [5.41, 5.74) is 0. The van der Waals surface area contributed by atoms with Gasteiger partial charge >= 0.3 is 0 Å². The Balaban J connectivity index is 2.18. The van der Waals surface area contributed by atoms with Gasteiger partial charge in [0.2, 0.25) is 0 Å². The zero-order valence-corrected chi connectivity index (χ0v) is 5.77. The van der Waals surface area contributed by atoms with E-state index in [0.29, 0.717) is 0 Å². The maximum absolute atomic E-state index is 11.5. The van der Waals surface area contributed by atoms with E-state index in [1.165, 1.54) is 0 Å². The average Bonchev–Trinajstić information content (AvgIpc) is 1.90. The second-order valence-corrected chi connectivity index (χ2v) is 2.97. The van der Waals surface area contributed by atoms with E-state index < -0.39 is 0 Å². The summed E-state index contributed by atoms with van der Waals surface area (Å²) in [6.07, 6.45) is 3.94. The van der Waals surface area contributed by atoms with E-state index in [1.807, 2.05) is 0 Å². The summed E-state index contributed by atoms with van der Waals surface area (Å²) in [5, 5.41) is 0. The maximum Gasteiger partial charge on any atom is 0.0983 e. The summed E-state index contributed by atoms with van der Waals surface area (Å²) in [6, 6.07) is 0. The molecule has 1 rings (SSSR count). The summed E-state index contributed by atoms with van der Waals surface area (Å²) in [5.74, 6) is 0.774. The number of rotatable bonds is 1. The van der Waals surface area contributed by atoms with E-state index in [9.17, 15) is 4.53 Å². The first-order chi connectivity index (χ1) is 4.33. The fourth-order valence-corrected chi connectivity index (χ4v) is 1.32. The largest absolute Gasteiger partial charge is 0.191 e. The molecular formula is C7H13FO. The van der Waals surface area contributed by atoms with Crippen LogP contribution in [0.25, 0.3) is 0 Å². The van der Waals surface area contributed by atoms with Crippen molar-refractivity contribution >= 4 is 0 Å². The molecule has 0 aromatic carbocycles. The molecule has 9 heavy (non-hydrogen) atoms. The van der Waals surface area contributed by atoms with Gasteiger partial charge in [0.05, 0.1) is 6.10 Å². The summed E-state index contributed by atoms with van der Waals surface area (Å²) in [7, 11) is 0. The van der Waals surface area contributed by atoms with Gasteiger partial charge in [-0.1, -0.05) is 6.92 Å². The molecule has 1 nitrogen and oxygen atoms in total. The minimum Gasteiger partial charge on any atom is -0.191 e. The van der Waals surface area contributed by atoms with Gasteiger partial charge in [-0.3, -0.25) is 0 Å². The van der Waals surface area contributed by atoms with Gasteiger partial charge in [-0.25, -0.2) is 0 Å². The van der Waals surface area contributed by atoms with Crippen molar-refractivity contribution in [3.05, 3.63) is 0 Å². The van der Waals surface area contributed by atoms with Crippen molar-refractivity contribution in [1.82, 2.24) is 0 Å². The predicted octanol–water partition coefficient (Wildman–Crippen LogP) is 2.47. The zero-order valence-electron chi connectivity index (χ0n) is 5.77. The van der Waals surface area contributed by atoms with Crippen LogP contribution in [-0.4, -0.2) is 6.10 Å². The third-order valence-electron chi connectivity index (χ3n) is 2.09. The van der Waals surface area contributed by atoms with Crippen LogP contribution in [0.5, 0.6) is 0 Å². The first-order valence-corrected chi connectivity index (χ1v) is 3.60. The molecule has 0 bridgehead atoms. The van der Waals surface area contributed by atoms with Gasteiger partial charge in [-0.2, -0.15) is 4.94 Å². The van der Waals surface area contributed by atoms with Crippen LogP contribution in [-0.2, 0) is 4.94 Å². The first kappa shape index (κ1) is 7.00. The molecular weight excluding hydrogens is 119 g/mol. The topological polar surface area (TPSA) is 9.23 Å². The van der Waals surface area contributed by atoms with Crippen LogP contribution in [0, 0.1) is 5.92 Å². The summed E-state index contributed by atoms with van der Waals surface area (Å²) >= 11 is 0.